The highest BCUT2D eigenvalue weighted by Crippen LogP contribution is 2.15. The normalized spacial score (nSPS) is 13.4. The first-order chi connectivity index (χ1) is 14.8. The van der Waals surface area contributed by atoms with E-state index in [9.17, 15) is 9.59 Å². The Hall–Kier alpha value is -2.82. The number of furan rings is 1. The average Bonchev–Trinajstić information content (AvgIpc) is 3.25. The van der Waals surface area contributed by atoms with Crippen LogP contribution in [0.5, 0.6) is 0 Å². The second kappa shape index (κ2) is 15.1. The Balaban J connectivity index is 2.41. The van der Waals surface area contributed by atoms with E-state index < -0.39 is 5.97 Å². The summed E-state index contributed by atoms with van der Waals surface area (Å²) in [4.78, 5) is 22.8. The van der Waals surface area contributed by atoms with Gasteiger partial charge in [0, 0.05) is 11.1 Å². The quantitative estimate of drug-likeness (QED) is 0.206. The zero-order valence-electron chi connectivity index (χ0n) is 19.3. The minimum absolute atomic E-state index is 0.286. The molecule has 0 saturated carbocycles. The molecule has 0 unspecified atom stereocenters. The molecule has 5 heteroatoms. The molecule has 0 radical (unpaired) electrons. The van der Waals surface area contributed by atoms with E-state index in [0.29, 0.717) is 18.4 Å². The highest BCUT2D eigenvalue weighted by molar-refractivity contribution is 5.88. The highest BCUT2D eigenvalue weighted by Gasteiger charge is 2.09. The van der Waals surface area contributed by atoms with Gasteiger partial charge in [0.1, 0.15) is 0 Å². The van der Waals surface area contributed by atoms with Crippen LogP contribution in [-0.4, -0.2) is 24.2 Å². The standard InChI is InChI=1S/C26H36O5/c1-20(11-6-14-23-17-18-31-19-23)9-5-10-21(2)12-7-15-24(26(29)30-4)16-8-13-22(3)25(27)28/h10-11,13,15,17-19H,5-9,12,14,16H2,1-4H3,(H,27,28)/b20-11+,21-10+,22-13+,24-15-. The largest absolute Gasteiger partial charge is 0.478 e. The second-order valence-electron chi connectivity index (χ2n) is 7.80. The van der Waals surface area contributed by atoms with E-state index >= 15 is 0 Å². The molecule has 31 heavy (non-hydrogen) atoms. The van der Waals surface area contributed by atoms with Crippen LogP contribution in [0.2, 0.25) is 0 Å². The summed E-state index contributed by atoms with van der Waals surface area (Å²) >= 11 is 0. The van der Waals surface area contributed by atoms with E-state index in [1.165, 1.54) is 23.8 Å². The van der Waals surface area contributed by atoms with Crippen LogP contribution in [0.3, 0.4) is 0 Å². The first kappa shape index (κ1) is 26.2. The molecule has 5 nitrogen and oxygen atoms in total. The van der Waals surface area contributed by atoms with Crippen LogP contribution in [0.25, 0.3) is 0 Å². The molecule has 0 amide bonds. The monoisotopic (exact) mass is 428 g/mol. The van der Waals surface area contributed by atoms with Crippen molar-refractivity contribution < 1.29 is 23.8 Å². The van der Waals surface area contributed by atoms with Crippen LogP contribution in [0.4, 0.5) is 0 Å². The number of hydrogen-bond acceptors (Lipinski definition) is 4. The fourth-order valence-electron chi connectivity index (χ4n) is 3.09. The molecule has 0 saturated heterocycles. The number of carboxylic acid groups (broad SMARTS) is 1. The van der Waals surface area contributed by atoms with E-state index in [1.54, 1.807) is 25.5 Å². The van der Waals surface area contributed by atoms with Gasteiger partial charge in [0.25, 0.3) is 0 Å². The zero-order chi connectivity index (χ0) is 23.1. The van der Waals surface area contributed by atoms with Crippen LogP contribution in [-0.2, 0) is 20.7 Å². The van der Waals surface area contributed by atoms with Gasteiger partial charge in [-0.15, -0.1) is 0 Å². The molecule has 0 aliphatic rings. The lowest BCUT2D eigenvalue weighted by molar-refractivity contribution is -0.136. The molecule has 1 rings (SSSR count). The number of carbonyl (C=O) groups is 2. The van der Waals surface area contributed by atoms with E-state index in [-0.39, 0.29) is 11.5 Å². The number of esters is 1. The molecule has 0 aliphatic carbocycles. The van der Waals surface area contributed by atoms with Gasteiger partial charge in [0.2, 0.25) is 0 Å². The maximum absolute atomic E-state index is 12.0. The summed E-state index contributed by atoms with van der Waals surface area (Å²) in [7, 11) is 1.37. The molecule has 170 valence electrons. The van der Waals surface area contributed by atoms with Crippen molar-refractivity contribution in [1.29, 1.82) is 0 Å². The van der Waals surface area contributed by atoms with Gasteiger partial charge in [-0.2, -0.15) is 0 Å². The fourth-order valence-corrected chi connectivity index (χ4v) is 3.09. The van der Waals surface area contributed by atoms with E-state index in [0.717, 1.165) is 38.5 Å². The Kier molecular flexibility index (Phi) is 12.7. The number of aryl methyl sites for hydroxylation is 1. The molecule has 0 bridgehead atoms. The van der Waals surface area contributed by atoms with Crippen molar-refractivity contribution in [3.63, 3.8) is 0 Å². The summed E-state index contributed by atoms with van der Waals surface area (Å²) in [5.74, 6) is -1.29. The van der Waals surface area contributed by atoms with Gasteiger partial charge in [-0.1, -0.05) is 35.5 Å². The van der Waals surface area contributed by atoms with Gasteiger partial charge in [-0.3, -0.25) is 0 Å². The van der Waals surface area contributed by atoms with Crippen LogP contribution in [0.15, 0.2) is 69.6 Å². The first-order valence-electron chi connectivity index (χ1n) is 10.8. The van der Waals surface area contributed by atoms with Gasteiger partial charge >= 0.3 is 11.9 Å². The summed E-state index contributed by atoms with van der Waals surface area (Å²) in [6, 6.07) is 2.00. The number of methoxy groups -OCH3 is 1. The second-order valence-corrected chi connectivity index (χ2v) is 7.80. The molecule has 0 aliphatic heterocycles. The summed E-state index contributed by atoms with van der Waals surface area (Å²) in [5, 5.41) is 8.90. The number of carboxylic acids is 1. The number of aliphatic carboxylic acids is 1. The lowest BCUT2D eigenvalue weighted by Gasteiger charge is -2.05. The zero-order valence-corrected chi connectivity index (χ0v) is 19.3. The third kappa shape index (κ3) is 11.8. The molecule has 1 heterocycles. The van der Waals surface area contributed by atoms with Crippen molar-refractivity contribution in [2.45, 2.75) is 72.1 Å². The van der Waals surface area contributed by atoms with Gasteiger partial charge in [0.15, 0.2) is 0 Å². The van der Waals surface area contributed by atoms with Crippen LogP contribution < -0.4 is 0 Å². The van der Waals surface area contributed by atoms with Crippen molar-refractivity contribution in [3.05, 3.63) is 70.8 Å². The lowest BCUT2D eigenvalue weighted by Crippen LogP contribution is -2.05. The Morgan fingerprint density at radius 3 is 2.13 bits per heavy atom. The van der Waals surface area contributed by atoms with Crippen molar-refractivity contribution in [3.8, 4) is 0 Å². The predicted molar refractivity (Wildman–Crippen MR) is 124 cm³/mol. The molecule has 0 spiro atoms. The van der Waals surface area contributed by atoms with Gasteiger partial charge < -0.3 is 14.3 Å². The minimum atomic E-state index is -0.938. The van der Waals surface area contributed by atoms with Crippen molar-refractivity contribution in [2.24, 2.45) is 0 Å². The van der Waals surface area contributed by atoms with Crippen molar-refractivity contribution in [2.75, 3.05) is 7.11 Å². The van der Waals surface area contributed by atoms with Crippen molar-refractivity contribution in [1.82, 2.24) is 0 Å². The number of carbonyl (C=O) groups excluding carboxylic acids is 1. The SMILES string of the molecule is COC(=O)/C(=C\CC/C(C)=C/CC/C(C)=C/CCc1ccoc1)CC/C=C(\C)C(=O)O. The number of hydrogen-bond donors (Lipinski definition) is 1. The summed E-state index contributed by atoms with van der Waals surface area (Å²) < 4.78 is 9.94. The van der Waals surface area contributed by atoms with Crippen LogP contribution in [0.1, 0.15) is 71.3 Å². The summed E-state index contributed by atoms with van der Waals surface area (Å²) in [5.41, 5.74) is 4.81. The Labute approximate surface area is 186 Å². The molecule has 1 N–H and O–H groups in total. The predicted octanol–water partition coefficient (Wildman–Crippen LogP) is 6.58. The number of allylic oxidation sites excluding steroid dienone is 6. The van der Waals surface area contributed by atoms with E-state index in [4.69, 9.17) is 14.3 Å². The molecular formula is C26H36O5. The Bertz CT molecular complexity index is 807. The maximum atomic E-state index is 12.0. The average molecular weight is 429 g/mol. The summed E-state index contributed by atoms with van der Waals surface area (Å²) in [6.45, 7) is 5.83. The maximum Gasteiger partial charge on any atom is 0.333 e. The van der Waals surface area contributed by atoms with Crippen molar-refractivity contribution >= 4 is 11.9 Å². The molecule has 0 atom stereocenters. The fraction of sp³-hybridized carbons (Fsp3) is 0.462. The highest BCUT2D eigenvalue weighted by atomic mass is 16.5. The lowest BCUT2D eigenvalue weighted by atomic mass is 10.0. The minimum Gasteiger partial charge on any atom is -0.478 e. The van der Waals surface area contributed by atoms with Gasteiger partial charge in [0.05, 0.1) is 19.6 Å². The number of ether oxygens (including phenoxy) is 1. The molecular weight excluding hydrogens is 392 g/mol. The molecule has 1 aromatic heterocycles. The molecule has 0 fully saturated rings. The third-order valence-electron chi connectivity index (χ3n) is 5.12. The van der Waals surface area contributed by atoms with E-state index in [2.05, 4.69) is 26.0 Å². The van der Waals surface area contributed by atoms with Crippen LogP contribution in [0, 0.1) is 0 Å². The Morgan fingerprint density at radius 1 is 0.935 bits per heavy atom. The summed E-state index contributed by atoms with van der Waals surface area (Å²) in [6.07, 6.45) is 18.3. The first-order valence-corrected chi connectivity index (χ1v) is 10.8. The molecule has 1 aromatic rings. The smallest absolute Gasteiger partial charge is 0.333 e. The van der Waals surface area contributed by atoms with Gasteiger partial charge in [-0.25, -0.2) is 9.59 Å². The van der Waals surface area contributed by atoms with E-state index in [1.807, 2.05) is 12.1 Å². The topological polar surface area (TPSA) is 76.7 Å². The van der Waals surface area contributed by atoms with Gasteiger partial charge in [-0.05, 0) is 83.8 Å². The molecule has 0 aromatic carbocycles. The Morgan fingerprint density at radius 2 is 1.55 bits per heavy atom. The number of rotatable bonds is 14. The van der Waals surface area contributed by atoms with Crippen LogP contribution >= 0.6 is 0 Å². The third-order valence-corrected chi connectivity index (χ3v) is 5.12.